The molecule has 62 valence electrons. The maximum Gasteiger partial charge on any atom is 0.326 e. The summed E-state index contributed by atoms with van der Waals surface area (Å²) in [5.74, 6) is 0.636. The first kappa shape index (κ1) is 7.10. The quantitative estimate of drug-likeness (QED) is 0.553. The summed E-state index contributed by atoms with van der Waals surface area (Å²) >= 11 is 0. The highest BCUT2D eigenvalue weighted by Crippen LogP contribution is 2.59. The van der Waals surface area contributed by atoms with Gasteiger partial charge in [-0.3, -0.25) is 4.79 Å². The van der Waals surface area contributed by atoms with Crippen LogP contribution in [0, 0.1) is 11.8 Å². The standard InChI is InChI=1S/C8H13NO2/c1-11-7(10)8(9)5-3-2-4-6(5)8/h5-6H,2-4,9H2,1H3. The third-order valence-electron chi connectivity index (χ3n) is 3.17. The zero-order valence-corrected chi connectivity index (χ0v) is 6.67. The van der Waals surface area contributed by atoms with Crippen LogP contribution in [0.25, 0.3) is 0 Å². The maximum atomic E-state index is 11.2. The Bertz CT molecular complexity index is 192. The van der Waals surface area contributed by atoms with E-state index in [1.165, 1.54) is 13.5 Å². The molecule has 0 aromatic carbocycles. The molecule has 2 unspecified atom stereocenters. The van der Waals surface area contributed by atoms with Crippen molar-refractivity contribution >= 4 is 5.97 Å². The molecule has 0 aliphatic heterocycles. The van der Waals surface area contributed by atoms with Crippen LogP contribution in [0.5, 0.6) is 0 Å². The van der Waals surface area contributed by atoms with E-state index in [1.54, 1.807) is 0 Å². The molecule has 3 heteroatoms. The van der Waals surface area contributed by atoms with Gasteiger partial charge in [-0.2, -0.15) is 0 Å². The number of carbonyl (C=O) groups is 1. The Kier molecular flexibility index (Phi) is 1.27. The molecule has 3 nitrogen and oxygen atoms in total. The summed E-state index contributed by atoms with van der Waals surface area (Å²) in [6.07, 6.45) is 3.44. The van der Waals surface area contributed by atoms with Gasteiger partial charge in [0.05, 0.1) is 7.11 Å². The SMILES string of the molecule is COC(=O)C1(N)C2CCCC21. The first-order valence-corrected chi connectivity index (χ1v) is 4.08. The van der Waals surface area contributed by atoms with Crippen molar-refractivity contribution in [1.82, 2.24) is 0 Å². The summed E-state index contributed by atoms with van der Waals surface area (Å²) in [6, 6.07) is 0. The van der Waals surface area contributed by atoms with Gasteiger partial charge in [-0.25, -0.2) is 0 Å². The van der Waals surface area contributed by atoms with Crippen LogP contribution in [0.2, 0.25) is 0 Å². The summed E-state index contributed by atoms with van der Waals surface area (Å²) in [6.45, 7) is 0. The van der Waals surface area contributed by atoms with Crippen molar-refractivity contribution in [3.63, 3.8) is 0 Å². The van der Waals surface area contributed by atoms with E-state index in [4.69, 9.17) is 5.73 Å². The highest BCUT2D eigenvalue weighted by molar-refractivity contribution is 5.85. The van der Waals surface area contributed by atoms with Crippen molar-refractivity contribution in [2.24, 2.45) is 17.6 Å². The van der Waals surface area contributed by atoms with Crippen molar-refractivity contribution in [3.8, 4) is 0 Å². The third-order valence-corrected chi connectivity index (χ3v) is 3.17. The number of ether oxygens (including phenoxy) is 1. The molecule has 0 radical (unpaired) electrons. The topological polar surface area (TPSA) is 52.3 Å². The zero-order chi connectivity index (χ0) is 8.06. The van der Waals surface area contributed by atoms with Crippen LogP contribution in [0.4, 0.5) is 0 Å². The second-order valence-corrected chi connectivity index (χ2v) is 3.57. The molecular weight excluding hydrogens is 142 g/mol. The van der Waals surface area contributed by atoms with Crippen LogP contribution in [0.1, 0.15) is 19.3 Å². The molecule has 0 aromatic rings. The van der Waals surface area contributed by atoms with Crippen LogP contribution in [-0.4, -0.2) is 18.6 Å². The average molecular weight is 155 g/mol. The molecule has 0 saturated heterocycles. The van der Waals surface area contributed by atoms with Crippen molar-refractivity contribution in [1.29, 1.82) is 0 Å². The molecule has 2 saturated carbocycles. The van der Waals surface area contributed by atoms with E-state index in [1.807, 2.05) is 0 Å². The normalized spacial score (nSPS) is 46.7. The Morgan fingerprint density at radius 3 is 2.55 bits per heavy atom. The van der Waals surface area contributed by atoms with Crippen molar-refractivity contribution in [2.75, 3.05) is 7.11 Å². The second-order valence-electron chi connectivity index (χ2n) is 3.57. The number of carbonyl (C=O) groups excluding carboxylic acids is 1. The molecule has 0 spiro atoms. The van der Waals surface area contributed by atoms with Crippen LogP contribution >= 0.6 is 0 Å². The zero-order valence-electron chi connectivity index (χ0n) is 6.67. The van der Waals surface area contributed by atoms with Gasteiger partial charge >= 0.3 is 5.97 Å². The number of nitrogens with two attached hydrogens (primary N) is 1. The van der Waals surface area contributed by atoms with E-state index in [9.17, 15) is 4.79 Å². The molecule has 2 fully saturated rings. The van der Waals surface area contributed by atoms with Crippen LogP contribution in [0.15, 0.2) is 0 Å². The number of fused-ring (bicyclic) bond motifs is 1. The highest BCUT2D eigenvalue weighted by Gasteiger charge is 2.69. The lowest BCUT2D eigenvalue weighted by molar-refractivity contribution is -0.144. The van der Waals surface area contributed by atoms with Crippen LogP contribution < -0.4 is 5.73 Å². The van der Waals surface area contributed by atoms with Crippen molar-refractivity contribution in [2.45, 2.75) is 24.8 Å². The Hall–Kier alpha value is -0.570. The molecule has 2 N–H and O–H groups in total. The average Bonchev–Trinajstić information content (AvgIpc) is 2.51. The molecule has 0 bridgehead atoms. The summed E-state index contributed by atoms with van der Waals surface area (Å²) in [7, 11) is 1.41. The maximum absolute atomic E-state index is 11.2. The summed E-state index contributed by atoms with van der Waals surface area (Å²) in [5.41, 5.74) is 5.29. The molecule has 2 aliphatic rings. The van der Waals surface area contributed by atoms with Gasteiger partial charge in [0.1, 0.15) is 5.54 Å². The second kappa shape index (κ2) is 1.97. The third kappa shape index (κ3) is 0.692. The minimum absolute atomic E-state index is 0.216. The lowest BCUT2D eigenvalue weighted by Crippen LogP contribution is -2.39. The number of esters is 1. The lowest BCUT2D eigenvalue weighted by atomic mass is 10.1. The van der Waals surface area contributed by atoms with E-state index in [0.717, 1.165) is 12.8 Å². The van der Waals surface area contributed by atoms with Gasteiger partial charge in [0, 0.05) is 0 Å². The smallest absolute Gasteiger partial charge is 0.326 e. The fraction of sp³-hybridized carbons (Fsp3) is 0.875. The van der Waals surface area contributed by atoms with E-state index in [2.05, 4.69) is 4.74 Å². The minimum Gasteiger partial charge on any atom is -0.468 e. The van der Waals surface area contributed by atoms with Crippen molar-refractivity contribution in [3.05, 3.63) is 0 Å². The van der Waals surface area contributed by atoms with Gasteiger partial charge in [0.15, 0.2) is 0 Å². The van der Waals surface area contributed by atoms with Gasteiger partial charge in [0.2, 0.25) is 0 Å². The Morgan fingerprint density at radius 1 is 1.55 bits per heavy atom. The Labute approximate surface area is 65.9 Å². The summed E-state index contributed by atoms with van der Waals surface area (Å²) < 4.78 is 4.65. The molecule has 0 aromatic heterocycles. The van der Waals surface area contributed by atoms with Crippen LogP contribution in [0.3, 0.4) is 0 Å². The fourth-order valence-corrected chi connectivity index (χ4v) is 2.48. The first-order chi connectivity index (χ1) is 5.21. The summed E-state index contributed by atoms with van der Waals surface area (Å²) in [5, 5.41) is 0. The van der Waals surface area contributed by atoms with Crippen molar-refractivity contribution < 1.29 is 9.53 Å². The Balaban J connectivity index is 2.10. The largest absolute Gasteiger partial charge is 0.468 e. The molecular formula is C8H13NO2. The fourth-order valence-electron chi connectivity index (χ4n) is 2.48. The molecule has 0 amide bonds. The van der Waals surface area contributed by atoms with E-state index < -0.39 is 5.54 Å². The number of hydrogen-bond acceptors (Lipinski definition) is 3. The molecule has 2 atom stereocenters. The van der Waals surface area contributed by atoms with Gasteiger partial charge in [-0.1, -0.05) is 6.42 Å². The predicted molar refractivity (Wildman–Crippen MR) is 39.8 cm³/mol. The Morgan fingerprint density at radius 2 is 2.09 bits per heavy atom. The molecule has 2 aliphatic carbocycles. The predicted octanol–water partition coefficient (Wildman–Crippen LogP) is 0.287. The monoisotopic (exact) mass is 155 g/mol. The van der Waals surface area contributed by atoms with E-state index in [-0.39, 0.29) is 5.97 Å². The van der Waals surface area contributed by atoms with E-state index >= 15 is 0 Å². The lowest BCUT2D eigenvalue weighted by Gasteiger charge is -2.11. The van der Waals surface area contributed by atoms with Gasteiger partial charge in [-0.15, -0.1) is 0 Å². The molecule has 2 rings (SSSR count). The number of rotatable bonds is 1. The summed E-state index contributed by atoms with van der Waals surface area (Å²) in [4.78, 5) is 11.2. The number of methoxy groups -OCH3 is 1. The minimum atomic E-state index is -0.590. The first-order valence-electron chi connectivity index (χ1n) is 4.08. The van der Waals surface area contributed by atoms with Gasteiger partial charge < -0.3 is 10.5 Å². The van der Waals surface area contributed by atoms with Gasteiger partial charge in [-0.05, 0) is 24.7 Å². The van der Waals surface area contributed by atoms with E-state index in [0.29, 0.717) is 11.8 Å². The van der Waals surface area contributed by atoms with Gasteiger partial charge in [0.25, 0.3) is 0 Å². The number of hydrogen-bond donors (Lipinski definition) is 1. The highest BCUT2D eigenvalue weighted by atomic mass is 16.5. The molecule has 11 heavy (non-hydrogen) atoms. The molecule has 0 heterocycles. The van der Waals surface area contributed by atoms with Crippen LogP contribution in [-0.2, 0) is 9.53 Å².